The number of aliphatic hydroxyl groups is 1. The Kier molecular flexibility index (Phi) is 4.39. The highest BCUT2D eigenvalue weighted by Crippen LogP contribution is 2.42. The van der Waals surface area contributed by atoms with Crippen molar-refractivity contribution in [3.05, 3.63) is 76.8 Å². The van der Waals surface area contributed by atoms with Crippen molar-refractivity contribution in [2.45, 2.75) is 12.0 Å². The largest absolute Gasteiger partial charge is 0.375 e. The van der Waals surface area contributed by atoms with Gasteiger partial charge in [-0.3, -0.25) is 9.59 Å². The van der Waals surface area contributed by atoms with E-state index in [9.17, 15) is 14.7 Å². The minimum absolute atomic E-state index is 0.282. The smallest absolute Gasteiger partial charge is 0.264 e. The molecular formula is C19H16BrNO3. The fourth-order valence-electron chi connectivity index (χ4n) is 2.96. The summed E-state index contributed by atoms with van der Waals surface area (Å²) in [6.45, 7) is 3.93. The summed E-state index contributed by atoms with van der Waals surface area (Å²) < 4.78 is 0.859. The topological polar surface area (TPSA) is 57.6 Å². The molecule has 122 valence electrons. The molecule has 0 unspecified atom stereocenters. The van der Waals surface area contributed by atoms with Crippen LogP contribution in [0.2, 0.25) is 0 Å². The molecule has 0 aliphatic carbocycles. The van der Waals surface area contributed by atoms with Gasteiger partial charge < -0.3 is 10.0 Å². The van der Waals surface area contributed by atoms with Gasteiger partial charge in [0.1, 0.15) is 0 Å². The fourth-order valence-corrected chi connectivity index (χ4v) is 3.22. The van der Waals surface area contributed by atoms with E-state index in [1.165, 1.54) is 4.90 Å². The molecular weight excluding hydrogens is 370 g/mol. The van der Waals surface area contributed by atoms with Gasteiger partial charge in [-0.1, -0.05) is 52.3 Å². The fraction of sp³-hybridized carbons (Fsp3) is 0.158. The number of halogens is 1. The average Bonchev–Trinajstić information content (AvgIpc) is 2.78. The Hall–Kier alpha value is -2.24. The summed E-state index contributed by atoms with van der Waals surface area (Å²) in [5.74, 6) is -0.775. The second-order valence-electron chi connectivity index (χ2n) is 5.69. The van der Waals surface area contributed by atoms with Gasteiger partial charge >= 0.3 is 0 Å². The van der Waals surface area contributed by atoms with Crippen LogP contribution < -0.4 is 4.90 Å². The van der Waals surface area contributed by atoms with E-state index in [1.807, 2.05) is 0 Å². The Morgan fingerprint density at radius 2 is 1.88 bits per heavy atom. The molecule has 0 saturated heterocycles. The van der Waals surface area contributed by atoms with Crippen LogP contribution in [0, 0.1) is 0 Å². The third-order valence-electron chi connectivity index (χ3n) is 4.13. The van der Waals surface area contributed by atoms with E-state index >= 15 is 0 Å². The van der Waals surface area contributed by atoms with Crippen LogP contribution in [0.25, 0.3) is 0 Å². The SMILES string of the molecule is C=CCN1C(=O)[C@](O)(CC(=O)c2ccc(Br)cc2)c2ccccc21. The minimum atomic E-state index is -1.84. The molecule has 0 radical (unpaired) electrons. The van der Waals surface area contributed by atoms with Gasteiger partial charge in [-0.25, -0.2) is 0 Å². The molecule has 3 rings (SSSR count). The highest BCUT2D eigenvalue weighted by Gasteiger charge is 2.50. The van der Waals surface area contributed by atoms with E-state index in [1.54, 1.807) is 54.6 Å². The molecule has 2 aromatic rings. The Bertz CT molecular complexity index is 816. The van der Waals surface area contributed by atoms with Crippen LogP contribution in [0.3, 0.4) is 0 Å². The normalized spacial score (nSPS) is 19.2. The van der Waals surface area contributed by atoms with Crippen molar-refractivity contribution in [1.82, 2.24) is 0 Å². The van der Waals surface area contributed by atoms with Crippen LogP contribution in [0.5, 0.6) is 0 Å². The van der Waals surface area contributed by atoms with E-state index in [0.717, 1.165) is 4.47 Å². The minimum Gasteiger partial charge on any atom is -0.375 e. The van der Waals surface area contributed by atoms with Crippen LogP contribution >= 0.6 is 15.9 Å². The first-order valence-electron chi connectivity index (χ1n) is 7.51. The quantitative estimate of drug-likeness (QED) is 0.633. The third kappa shape index (κ3) is 2.70. The number of amides is 1. The summed E-state index contributed by atoms with van der Waals surface area (Å²) in [5, 5.41) is 11.0. The lowest BCUT2D eigenvalue weighted by Crippen LogP contribution is -2.41. The zero-order valence-corrected chi connectivity index (χ0v) is 14.5. The molecule has 5 heteroatoms. The maximum absolute atomic E-state index is 12.8. The predicted molar refractivity (Wildman–Crippen MR) is 96.0 cm³/mol. The number of benzene rings is 2. The van der Waals surface area contributed by atoms with Crippen molar-refractivity contribution < 1.29 is 14.7 Å². The van der Waals surface area contributed by atoms with Crippen molar-refractivity contribution >= 4 is 33.3 Å². The number of hydrogen-bond donors (Lipinski definition) is 1. The monoisotopic (exact) mass is 385 g/mol. The Morgan fingerprint density at radius 1 is 1.21 bits per heavy atom. The molecule has 0 aromatic heterocycles. The molecule has 4 nitrogen and oxygen atoms in total. The van der Waals surface area contributed by atoms with Crippen LogP contribution in [0.1, 0.15) is 22.3 Å². The lowest BCUT2D eigenvalue weighted by Gasteiger charge is -2.22. The number of ketones is 1. The van der Waals surface area contributed by atoms with E-state index in [2.05, 4.69) is 22.5 Å². The Morgan fingerprint density at radius 3 is 2.54 bits per heavy atom. The lowest BCUT2D eigenvalue weighted by atomic mass is 9.88. The van der Waals surface area contributed by atoms with Gasteiger partial charge in [-0.15, -0.1) is 6.58 Å². The molecule has 1 N–H and O–H groups in total. The first kappa shape index (κ1) is 16.6. The molecule has 1 atom stereocenters. The number of para-hydroxylation sites is 1. The van der Waals surface area contributed by atoms with Crippen molar-refractivity contribution in [2.24, 2.45) is 0 Å². The van der Waals surface area contributed by atoms with E-state index < -0.39 is 11.5 Å². The van der Waals surface area contributed by atoms with Crippen LogP contribution in [0.15, 0.2) is 65.7 Å². The number of hydrogen-bond acceptors (Lipinski definition) is 3. The van der Waals surface area contributed by atoms with Gasteiger partial charge in [-0.05, 0) is 18.2 Å². The van der Waals surface area contributed by atoms with Crippen LogP contribution in [-0.4, -0.2) is 23.3 Å². The van der Waals surface area contributed by atoms with Gasteiger partial charge in [0.05, 0.1) is 12.1 Å². The molecule has 1 aliphatic heterocycles. The lowest BCUT2D eigenvalue weighted by molar-refractivity contribution is -0.135. The maximum atomic E-state index is 12.8. The molecule has 0 saturated carbocycles. The molecule has 0 spiro atoms. The zero-order chi connectivity index (χ0) is 17.3. The van der Waals surface area contributed by atoms with Crippen molar-refractivity contribution in [1.29, 1.82) is 0 Å². The number of carbonyl (C=O) groups excluding carboxylic acids is 2. The number of rotatable bonds is 5. The van der Waals surface area contributed by atoms with Gasteiger partial charge in [0, 0.05) is 22.1 Å². The number of anilines is 1. The van der Waals surface area contributed by atoms with E-state index in [0.29, 0.717) is 16.8 Å². The summed E-state index contributed by atoms with van der Waals surface area (Å²) in [7, 11) is 0. The van der Waals surface area contributed by atoms with Gasteiger partial charge in [0.2, 0.25) is 0 Å². The first-order valence-corrected chi connectivity index (χ1v) is 8.30. The standard InChI is InChI=1S/C19H16BrNO3/c1-2-11-21-16-6-4-3-5-15(16)19(24,18(21)23)12-17(22)13-7-9-14(20)10-8-13/h2-10,24H,1,11-12H2/t19-/m0/s1. The number of fused-ring (bicyclic) bond motifs is 1. The summed E-state index contributed by atoms with van der Waals surface area (Å²) >= 11 is 3.32. The third-order valence-corrected chi connectivity index (χ3v) is 4.66. The first-order chi connectivity index (χ1) is 11.5. The second-order valence-corrected chi connectivity index (χ2v) is 6.60. The summed E-state index contributed by atoms with van der Waals surface area (Å²) in [6.07, 6.45) is 1.30. The van der Waals surface area contributed by atoms with E-state index in [4.69, 9.17) is 0 Å². The molecule has 1 heterocycles. The van der Waals surface area contributed by atoms with Gasteiger partial charge in [-0.2, -0.15) is 0 Å². The summed E-state index contributed by atoms with van der Waals surface area (Å²) in [6, 6.07) is 13.8. The highest BCUT2D eigenvalue weighted by molar-refractivity contribution is 9.10. The summed E-state index contributed by atoms with van der Waals surface area (Å²) in [5.41, 5.74) is -0.307. The number of carbonyl (C=O) groups is 2. The predicted octanol–water partition coefficient (Wildman–Crippen LogP) is 3.44. The highest BCUT2D eigenvalue weighted by atomic mass is 79.9. The van der Waals surface area contributed by atoms with Gasteiger partial charge in [0.25, 0.3) is 5.91 Å². The molecule has 0 fully saturated rings. The molecule has 24 heavy (non-hydrogen) atoms. The second kappa shape index (κ2) is 6.34. The maximum Gasteiger partial charge on any atom is 0.264 e. The van der Waals surface area contributed by atoms with Crippen molar-refractivity contribution in [2.75, 3.05) is 11.4 Å². The molecule has 2 aromatic carbocycles. The molecule has 1 amide bonds. The van der Waals surface area contributed by atoms with Crippen molar-refractivity contribution in [3.63, 3.8) is 0 Å². The van der Waals surface area contributed by atoms with Crippen molar-refractivity contribution in [3.8, 4) is 0 Å². The Balaban J connectivity index is 1.97. The summed E-state index contributed by atoms with van der Waals surface area (Å²) in [4.78, 5) is 26.8. The Labute approximate surface area is 148 Å². The molecule has 0 bridgehead atoms. The van der Waals surface area contributed by atoms with Crippen LogP contribution in [-0.2, 0) is 10.4 Å². The number of nitrogens with zero attached hydrogens (tertiary/aromatic N) is 1. The van der Waals surface area contributed by atoms with E-state index in [-0.39, 0.29) is 18.7 Å². The number of Topliss-reactive ketones (excluding diaryl/α,β-unsaturated/α-hetero) is 1. The van der Waals surface area contributed by atoms with Crippen LogP contribution in [0.4, 0.5) is 5.69 Å². The average molecular weight is 386 g/mol. The molecule has 1 aliphatic rings. The zero-order valence-electron chi connectivity index (χ0n) is 12.9. The van der Waals surface area contributed by atoms with Gasteiger partial charge in [0.15, 0.2) is 11.4 Å².